The Labute approximate surface area is 178 Å². The van der Waals surface area contributed by atoms with Crippen molar-refractivity contribution in [3.8, 4) is 0 Å². The van der Waals surface area contributed by atoms with Gasteiger partial charge in [0.25, 0.3) is 0 Å². The highest BCUT2D eigenvalue weighted by molar-refractivity contribution is 7.10. The van der Waals surface area contributed by atoms with Crippen molar-refractivity contribution in [2.24, 2.45) is 0 Å². The molecule has 1 aliphatic heterocycles. The van der Waals surface area contributed by atoms with Crippen molar-refractivity contribution in [2.45, 2.75) is 43.4 Å². The lowest BCUT2D eigenvalue weighted by molar-refractivity contribution is -0.121. The number of amides is 2. The van der Waals surface area contributed by atoms with Gasteiger partial charge in [-0.3, -0.25) is 14.9 Å². The van der Waals surface area contributed by atoms with Gasteiger partial charge in [0.2, 0.25) is 17.7 Å². The van der Waals surface area contributed by atoms with E-state index >= 15 is 0 Å². The first kappa shape index (κ1) is 19.0. The average molecular weight is 423 g/mol. The van der Waals surface area contributed by atoms with Crippen LogP contribution < -0.4 is 10.2 Å². The molecule has 0 bridgehead atoms. The molecule has 2 aromatic heterocycles. The third-order valence-electron chi connectivity index (χ3n) is 6.09. The number of hydrogen-bond acceptors (Lipinski definition) is 6. The molecule has 154 valence electrons. The van der Waals surface area contributed by atoms with E-state index in [-0.39, 0.29) is 23.7 Å². The molecule has 0 radical (unpaired) electrons. The molecule has 1 unspecified atom stereocenters. The van der Waals surface area contributed by atoms with Gasteiger partial charge in [0.1, 0.15) is 0 Å². The summed E-state index contributed by atoms with van der Waals surface area (Å²) in [6.45, 7) is 0.484. The van der Waals surface area contributed by atoms with Gasteiger partial charge in [0.15, 0.2) is 0 Å². The summed E-state index contributed by atoms with van der Waals surface area (Å²) in [5.74, 6) is 0.130. The highest BCUT2D eigenvalue weighted by atomic mass is 32.1. The van der Waals surface area contributed by atoms with Gasteiger partial charge in [-0.1, -0.05) is 42.2 Å². The van der Waals surface area contributed by atoms with Crippen LogP contribution >= 0.6 is 11.3 Å². The first-order valence-electron chi connectivity index (χ1n) is 10.2. The molecule has 1 aliphatic carbocycles. The first-order valence-corrected chi connectivity index (χ1v) is 11.1. The maximum absolute atomic E-state index is 13.2. The third-order valence-corrected chi connectivity index (χ3v) is 7.16. The summed E-state index contributed by atoms with van der Waals surface area (Å²) in [6.07, 6.45) is 4.01. The van der Waals surface area contributed by atoms with E-state index in [1.807, 2.05) is 47.8 Å². The van der Waals surface area contributed by atoms with Crippen LogP contribution in [0.1, 0.15) is 48.8 Å². The summed E-state index contributed by atoms with van der Waals surface area (Å²) in [4.78, 5) is 28.4. The average Bonchev–Trinajstić information content (AvgIpc) is 3.54. The number of nitrogens with zero attached hydrogens (tertiary/aromatic N) is 3. The van der Waals surface area contributed by atoms with E-state index in [1.165, 1.54) is 0 Å². The van der Waals surface area contributed by atoms with Crippen LogP contribution in [-0.2, 0) is 15.0 Å². The lowest BCUT2D eigenvalue weighted by Gasteiger charge is -2.25. The Kier molecular flexibility index (Phi) is 4.86. The standard InChI is InChI=1S/C22H22N4O3S/c27-18-13-15(14-26(18)16-7-2-1-3-8-16)19-24-25-21(29-19)23-20(28)22(10-4-5-11-22)17-9-6-12-30-17/h1-3,6-9,12,15H,4-5,10-11,13-14H2,(H,23,25,28). The van der Waals surface area contributed by atoms with Crippen LogP contribution in [0.5, 0.6) is 0 Å². The van der Waals surface area contributed by atoms with Crippen LogP contribution in [0, 0.1) is 0 Å². The molecule has 7 nitrogen and oxygen atoms in total. The zero-order valence-electron chi connectivity index (χ0n) is 16.4. The fourth-order valence-electron chi connectivity index (χ4n) is 4.51. The Bertz CT molecular complexity index is 1040. The largest absolute Gasteiger partial charge is 0.407 e. The van der Waals surface area contributed by atoms with Gasteiger partial charge in [-0.15, -0.1) is 16.4 Å². The summed E-state index contributed by atoms with van der Waals surface area (Å²) in [6, 6.07) is 13.7. The first-order chi connectivity index (χ1) is 14.7. The molecule has 2 aliphatic rings. The van der Waals surface area contributed by atoms with Gasteiger partial charge < -0.3 is 9.32 Å². The Morgan fingerprint density at radius 1 is 1.13 bits per heavy atom. The van der Waals surface area contributed by atoms with Crippen molar-refractivity contribution in [2.75, 3.05) is 16.8 Å². The molecule has 8 heteroatoms. The minimum atomic E-state index is -0.518. The molecule has 1 N–H and O–H groups in total. The predicted molar refractivity (Wildman–Crippen MR) is 114 cm³/mol. The topological polar surface area (TPSA) is 88.3 Å². The number of anilines is 2. The summed E-state index contributed by atoms with van der Waals surface area (Å²) < 4.78 is 5.76. The van der Waals surface area contributed by atoms with Crippen LogP contribution in [0.2, 0.25) is 0 Å². The van der Waals surface area contributed by atoms with E-state index in [1.54, 1.807) is 16.2 Å². The minimum Gasteiger partial charge on any atom is -0.407 e. The van der Waals surface area contributed by atoms with E-state index in [4.69, 9.17) is 4.42 Å². The van der Waals surface area contributed by atoms with Crippen molar-refractivity contribution in [1.82, 2.24) is 10.2 Å². The third kappa shape index (κ3) is 3.31. The molecule has 1 saturated heterocycles. The number of aromatic nitrogens is 2. The van der Waals surface area contributed by atoms with E-state index in [0.29, 0.717) is 18.9 Å². The molecule has 2 fully saturated rings. The second-order valence-corrected chi connectivity index (χ2v) is 8.85. The fraction of sp³-hybridized carbons (Fsp3) is 0.364. The number of para-hydroxylation sites is 1. The maximum Gasteiger partial charge on any atom is 0.322 e. The fourth-order valence-corrected chi connectivity index (χ4v) is 5.50. The van der Waals surface area contributed by atoms with Crippen molar-refractivity contribution in [3.63, 3.8) is 0 Å². The second-order valence-electron chi connectivity index (χ2n) is 7.91. The SMILES string of the molecule is O=C1CC(c2nnc(NC(=O)C3(c4cccs4)CCCC3)o2)CN1c1ccccc1. The zero-order valence-corrected chi connectivity index (χ0v) is 17.2. The van der Waals surface area contributed by atoms with Crippen molar-refractivity contribution >= 4 is 34.9 Å². The van der Waals surface area contributed by atoms with Crippen molar-refractivity contribution in [1.29, 1.82) is 0 Å². The number of benzene rings is 1. The van der Waals surface area contributed by atoms with Gasteiger partial charge in [-0.25, -0.2) is 0 Å². The number of thiophene rings is 1. The summed E-state index contributed by atoms with van der Waals surface area (Å²) >= 11 is 1.61. The number of nitrogens with one attached hydrogen (secondary N) is 1. The molecular formula is C22H22N4O3S. The van der Waals surface area contributed by atoms with Gasteiger partial charge in [-0.05, 0) is 36.4 Å². The Morgan fingerprint density at radius 2 is 1.93 bits per heavy atom. The summed E-state index contributed by atoms with van der Waals surface area (Å²) in [5.41, 5.74) is 0.341. The number of carbonyl (C=O) groups excluding carboxylic acids is 2. The molecule has 1 atom stereocenters. The Hall–Kier alpha value is -3.00. The molecule has 2 amide bonds. The Balaban J connectivity index is 1.30. The normalized spacial score (nSPS) is 20.6. The number of hydrogen-bond donors (Lipinski definition) is 1. The van der Waals surface area contributed by atoms with Gasteiger partial charge in [0, 0.05) is 23.5 Å². The lowest BCUT2D eigenvalue weighted by Crippen LogP contribution is -2.37. The smallest absolute Gasteiger partial charge is 0.322 e. The molecule has 30 heavy (non-hydrogen) atoms. The highest BCUT2D eigenvalue weighted by Crippen LogP contribution is 2.44. The summed E-state index contributed by atoms with van der Waals surface area (Å²) in [5, 5.41) is 13.0. The number of rotatable bonds is 5. The van der Waals surface area contributed by atoms with Gasteiger partial charge >= 0.3 is 6.01 Å². The van der Waals surface area contributed by atoms with Crippen molar-refractivity contribution < 1.29 is 14.0 Å². The minimum absolute atomic E-state index is 0.0255. The molecule has 3 aromatic rings. The highest BCUT2D eigenvalue weighted by Gasteiger charge is 2.44. The second kappa shape index (κ2) is 7.68. The zero-order chi connectivity index (χ0) is 20.6. The molecule has 5 rings (SSSR count). The van der Waals surface area contributed by atoms with E-state index in [9.17, 15) is 9.59 Å². The lowest BCUT2D eigenvalue weighted by atomic mass is 9.83. The van der Waals surface area contributed by atoms with E-state index in [2.05, 4.69) is 15.5 Å². The van der Waals surface area contributed by atoms with Crippen LogP contribution in [0.3, 0.4) is 0 Å². The molecule has 1 aromatic carbocycles. The van der Waals surface area contributed by atoms with Crippen LogP contribution in [0.15, 0.2) is 52.3 Å². The van der Waals surface area contributed by atoms with Crippen LogP contribution in [0.25, 0.3) is 0 Å². The molecule has 0 spiro atoms. The maximum atomic E-state index is 13.2. The predicted octanol–water partition coefficient (Wildman–Crippen LogP) is 4.10. The van der Waals surface area contributed by atoms with Crippen LogP contribution in [-0.4, -0.2) is 28.6 Å². The molecular weight excluding hydrogens is 400 g/mol. The monoisotopic (exact) mass is 422 g/mol. The van der Waals surface area contributed by atoms with Gasteiger partial charge in [-0.2, -0.15) is 0 Å². The quantitative estimate of drug-likeness (QED) is 0.669. The van der Waals surface area contributed by atoms with Gasteiger partial charge in [0.05, 0.1) is 11.3 Å². The number of carbonyl (C=O) groups is 2. The van der Waals surface area contributed by atoms with E-state index in [0.717, 1.165) is 36.2 Å². The Morgan fingerprint density at radius 3 is 2.67 bits per heavy atom. The summed E-state index contributed by atoms with van der Waals surface area (Å²) in [7, 11) is 0. The molecule has 1 saturated carbocycles. The van der Waals surface area contributed by atoms with E-state index < -0.39 is 5.41 Å². The van der Waals surface area contributed by atoms with Crippen LogP contribution in [0.4, 0.5) is 11.7 Å². The molecule has 3 heterocycles. The van der Waals surface area contributed by atoms with Crippen molar-refractivity contribution in [3.05, 3.63) is 58.6 Å².